The van der Waals surface area contributed by atoms with Crippen LogP contribution < -0.4 is 5.32 Å². The first-order chi connectivity index (χ1) is 16.5. The Kier molecular flexibility index (Phi) is 4.48. The second-order valence-electron chi connectivity index (χ2n) is 8.61. The number of rotatable bonds is 7. The fourth-order valence-corrected chi connectivity index (χ4v) is 4.60. The number of nitrogens with one attached hydrogen (secondary N) is 1. The van der Waals surface area contributed by atoms with Gasteiger partial charge in [-0.05, 0) is 25.0 Å². The van der Waals surface area contributed by atoms with E-state index in [0.29, 0.717) is 22.6 Å². The molecule has 3 aromatic heterocycles. The van der Waals surface area contributed by atoms with Gasteiger partial charge in [-0.25, -0.2) is 18.7 Å². The Labute approximate surface area is 191 Å². The van der Waals surface area contributed by atoms with Crippen LogP contribution in [0.1, 0.15) is 18.4 Å². The fraction of sp³-hybridized carbons (Fsp3) is 0.261. The zero-order chi connectivity index (χ0) is 23.4. The molecule has 1 aromatic carbocycles. The van der Waals surface area contributed by atoms with Crippen LogP contribution in [0.15, 0.2) is 53.4 Å². The molecule has 9 nitrogen and oxygen atoms in total. The van der Waals surface area contributed by atoms with Crippen LogP contribution in [0.5, 0.6) is 0 Å². The van der Waals surface area contributed by atoms with Gasteiger partial charge in [-0.3, -0.25) is 9.48 Å². The van der Waals surface area contributed by atoms with E-state index in [0.717, 1.165) is 19.0 Å². The SMILES string of the molecule is O=C(O)[C@@H]1[C@H](Nc2nc(-c3cc(-c4ccon4)n(Cc4ccccc4F)n3)ncc2F)C12CC2. The number of halogens is 2. The highest BCUT2D eigenvalue weighted by atomic mass is 19.1. The first kappa shape index (κ1) is 20.5. The van der Waals surface area contributed by atoms with Gasteiger partial charge in [0.1, 0.15) is 23.5 Å². The summed E-state index contributed by atoms with van der Waals surface area (Å²) in [5.74, 6) is -2.44. The number of carbonyl (C=O) groups is 1. The van der Waals surface area contributed by atoms with Crippen molar-refractivity contribution in [2.24, 2.45) is 11.3 Å². The van der Waals surface area contributed by atoms with Crippen LogP contribution in [0.4, 0.5) is 14.6 Å². The zero-order valence-electron chi connectivity index (χ0n) is 17.7. The molecule has 2 atom stereocenters. The van der Waals surface area contributed by atoms with Crippen molar-refractivity contribution in [3.05, 3.63) is 66.1 Å². The number of nitrogens with zero attached hydrogens (tertiary/aromatic N) is 5. The molecule has 4 aromatic rings. The smallest absolute Gasteiger partial charge is 0.309 e. The number of aliphatic carboxylic acids is 1. The number of carboxylic acid groups (broad SMARTS) is 1. The maximum Gasteiger partial charge on any atom is 0.309 e. The lowest BCUT2D eigenvalue weighted by Gasteiger charge is -2.07. The van der Waals surface area contributed by atoms with Crippen LogP contribution in [-0.2, 0) is 11.3 Å². The normalized spacial score (nSPS) is 19.8. The molecule has 0 aliphatic heterocycles. The fourth-order valence-electron chi connectivity index (χ4n) is 4.60. The Morgan fingerprint density at radius 1 is 1.21 bits per heavy atom. The number of hydrogen-bond acceptors (Lipinski definition) is 7. The zero-order valence-corrected chi connectivity index (χ0v) is 17.7. The number of hydrogen-bond donors (Lipinski definition) is 2. The van der Waals surface area contributed by atoms with Crippen molar-refractivity contribution in [2.75, 3.05) is 5.32 Å². The molecule has 0 saturated heterocycles. The molecule has 1 spiro atoms. The predicted molar refractivity (Wildman–Crippen MR) is 114 cm³/mol. The van der Waals surface area contributed by atoms with Gasteiger partial charge in [0.05, 0.1) is 24.4 Å². The molecule has 6 rings (SSSR count). The minimum atomic E-state index is -0.895. The van der Waals surface area contributed by atoms with Gasteiger partial charge in [0.2, 0.25) is 0 Å². The molecule has 0 radical (unpaired) electrons. The van der Waals surface area contributed by atoms with Crippen LogP contribution in [0.2, 0.25) is 0 Å². The molecule has 0 unspecified atom stereocenters. The standard InChI is InChI=1S/C23H18F2N6O3/c24-13-4-2-1-3-12(13)11-31-17(15-5-8-34-30-15)9-16(29-31)21-26-10-14(25)20(28-21)27-19-18(22(32)33)23(19)6-7-23/h1-5,8-10,18-19H,6-7,11H2,(H,32,33)(H,26,27,28)/t18-,19-/m0/s1. The quantitative estimate of drug-likeness (QED) is 0.426. The largest absolute Gasteiger partial charge is 0.481 e. The monoisotopic (exact) mass is 464 g/mol. The van der Waals surface area contributed by atoms with Crippen molar-refractivity contribution in [1.82, 2.24) is 24.9 Å². The van der Waals surface area contributed by atoms with Crippen LogP contribution in [0.3, 0.4) is 0 Å². The molecule has 0 amide bonds. The number of aromatic nitrogens is 5. The van der Waals surface area contributed by atoms with Gasteiger partial charge in [0.15, 0.2) is 17.5 Å². The third kappa shape index (κ3) is 3.31. The van der Waals surface area contributed by atoms with Crippen molar-refractivity contribution in [3.63, 3.8) is 0 Å². The third-order valence-corrected chi connectivity index (χ3v) is 6.58. The van der Waals surface area contributed by atoms with Gasteiger partial charge in [0, 0.05) is 23.1 Å². The Bertz CT molecular complexity index is 1400. The predicted octanol–water partition coefficient (Wildman–Crippen LogP) is 3.60. The molecule has 2 N–H and O–H groups in total. The lowest BCUT2D eigenvalue weighted by Crippen LogP contribution is -2.13. The van der Waals surface area contributed by atoms with Crippen LogP contribution >= 0.6 is 0 Å². The second kappa shape index (κ2) is 7.44. The van der Waals surface area contributed by atoms with Crippen molar-refractivity contribution in [2.45, 2.75) is 25.4 Å². The van der Waals surface area contributed by atoms with E-state index in [-0.39, 0.29) is 35.5 Å². The highest BCUT2D eigenvalue weighted by Gasteiger charge is 2.75. The van der Waals surface area contributed by atoms with E-state index >= 15 is 0 Å². The van der Waals surface area contributed by atoms with Gasteiger partial charge in [-0.2, -0.15) is 5.10 Å². The summed E-state index contributed by atoms with van der Waals surface area (Å²) < 4.78 is 35.3. The van der Waals surface area contributed by atoms with E-state index in [1.165, 1.54) is 12.3 Å². The Morgan fingerprint density at radius 3 is 2.71 bits per heavy atom. The van der Waals surface area contributed by atoms with E-state index in [1.54, 1.807) is 35.0 Å². The lowest BCUT2D eigenvalue weighted by molar-refractivity contribution is -0.139. The summed E-state index contributed by atoms with van der Waals surface area (Å²) in [6, 6.07) is 9.29. The molecule has 34 heavy (non-hydrogen) atoms. The number of benzene rings is 1. The van der Waals surface area contributed by atoms with E-state index < -0.39 is 17.7 Å². The molecule has 172 valence electrons. The van der Waals surface area contributed by atoms with Gasteiger partial charge < -0.3 is 14.9 Å². The number of anilines is 1. The molecular formula is C23H18F2N6O3. The molecule has 2 fully saturated rings. The number of carboxylic acids is 1. The van der Waals surface area contributed by atoms with Gasteiger partial charge in [-0.1, -0.05) is 23.4 Å². The summed E-state index contributed by atoms with van der Waals surface area (Å²) in [6.07, 6.45) is 4.02. The summed E-state index contributed by atoms with van der Waals surface area (Å²) in [4.78, 5) is 19.9. The topological polar surface area (TPSA) is 119 Å². The van der Waals surface area contributed by atoms with Crippen molar-refractivity contribution in [3.8, 4) is 22.9 Å². The van der Waals surface area contributed by atoms with E-state index in [4.69, 9.17) is 4.52 Å². The van der Waals surface area contributed by atoms with Crippen LogP contribution in [-0.4, -0.2) is 42.0 Å². The van der Waals surface area contributed by atoms with E-state index in [1.807, 2.05) is 0 Å². The molecule has 3 heterocycles. The van der Waals surface area contributed by atoms with Crippen LogP contribution in [0, 0.1) is 23.0 Å². The second-order valence-corrected chi connectivity index (χ2v) is 8.61. The van der Waals surface area contributed by atoms with Crippen LogP contribution in [0.25, 0.3) is 22.9 Å². The summed E-state index contributed by atoms with van der Waals surface area (Å²) in [7, 11) is 0. The Morgan fingerprint density at radius 2 is 2.03 bits per heavy atom. The maximum atomic E-state index is 14.5. The van der Waals surface area contributed by atoms with Gasteiger partial charge >= 0.3 is 5.97 Å². The highest BCUT2D eigenvalue weighted by Crippen LogP contribution is 2.71. The molecule has 2 aliphatic carbocycles. The van der Waals surface area contributed by atoms with Crippen molar-refractivity contribution in [1.29, 1.82) is 0 Å². The minimum Gasteiger partial charge on any atom is -0.481 e. The summed E-state index contributed by atoms with van der Waals surface area (Å²) in [5, 5.41) is 20.8. The van der Waals surface area contributed by atoms with E-state index in [9.17, 15) is 18.7 Å². The minimum absolute atomic E-state index is 0.0725. The molecule has 2 saturated carbocycles. The first-order valence-corrected chi connectivity index (χ1v) is 10.7. The first-order valence-electron chi connectivity index (χ1n) is 10.7. The molecule has 0 bridgehead atoms. The Hall–Kier alpha value is -4.15. The molecule has 2 aliphatic rings. The Balaban J connectivity index is 1.34. The highest BCUT2D eigenvalue weighted by molar-refractivity contribution is 5.79. The van der Waals surface area contributed by atoms with E-state index in [2.05, 4.69) is 25.5 Å². The van der Waals surface area contributed by atoms with Crippen molar-refractivity contribution < 1.29 is 23.2 Å². The molecular weight excluding hydrogens is 446 g/mol. The summed E-state index contributed by atoms with van der Waals surface area (Å²) in [5.41, 5.74) is 1.47. The maximum absolute atomic E-state index is 14.5. The van der Waals surface area contributed by atoms with Gasteiger partial charge in [0.25, 0.3) is 0 Å². The van der Waals surface area contributed by atoms with Crippen molar-refractivity contribution >= 4 is 11.8 Å². The average molecular weight is 464 g/mol. The summed E-state index contributed by atoms with van der Waals surface area (Å²) >= 11 is 0. The molecule has 11 heteroatoms. The lowest BCUT2D eigenvalue weighted by atomic mass is 10.2. The summed E-state index contributed by atoms with van der Waals surface area (Å²) in [6.45, 7) is 0.117. The van der Waals surface area contributed by atoms with Gasteiger partial charge in [-0.15, -0.1) is 0 Å². The third-order valence-electron chi connectivity index (χ3n) is 6.58. The average Bonchev–Trinajstić information content (AvgIpc) is 3.54.